The second-order valence-electron chi connectivity index (χ2n) is 6.24. The van der Waals surface area contributed by atoms with E-state index in [2.05, 4.69) is 30.9 Å². The number of carbonyl (C=O) groups is 2. The molecule has 0 spiro atoms. The van der Waals surface area contributed by atoms with E-state index in [1.54, 1.807) is 13.8 Å². The predicted octanol–water partition coefficient (Wildman–Crippen LogP) is 4.25. The zero-order chi connectivity index (χ0) is 24.6. The summed E-state index contributed by atoms with van der Waals surface area (Å²) in [6.45, 7) is 3.09. The van der Waals surface area contributed by atoms with E-state index in [0.29, 0.717) is 11.5 Å². The van der Waals surface area contributed by atoms with Crippen molar-refractivity contribution in [1.82, 2.24) is 9.69 Å². The number of nitrogens with two attached hydrogens (primary N) is 1. The maximum Gasteiger partial charge on any atom is 0.332 e. The van der Waals surface area contributed by atoms with E-state index < -0.39 is 37.8 Å². The van der Waals surface area contributed by atoms with Crippen molar-refractivity contribution in [2.75, 3.05) is 31.2 Å². The van der Waals surface area contributed by atoms with Crippen molar-refractivity contribution in [2.24, 2.45) is 5.73 Å². The number of hydrogen-bond donors (Lipinski definition) is 3. The molecular formula is C18H22BrF2N4O6PS. The van der Waals surface area contributed by atoms with Crippen molar-refractivity contribution in [2.45, 2.75) is 20.5 Å². The third kappa shape index (κ3) is 7.71. The van der Waals surface area contributed by atoms with Gasteiger partial charge < -0.3 is 24.8 Å². The minimum Gasteiger partial charge on any atom is -0.471 e. The van der Waals surface area contributed by atoms with E-state index in [1.165, 1.54) is 0 Å². The molecule has 10 nitrogen and oxygen atoms in total. The molecule has 0 aliphatic heterocycles. The largest absolute Gasteiger partial charge is 0.471 e. The Morgan fingerprint density at radius 1 is 1.21 bits per heavy atom. The molecule has 15 heteroatoms. The molecular weight excluding hydrogens is 549 g/mol. The molecule has 1 aromatic heterocycles. The molecule has 2 rings (SSSR count). The van der Waals surface area contributed by atoms with E-state index in [4.69, 9.17) is 19.5 Å². The Hall–Kier alpha value is -2.12. The van der Waals surface area contributed by atoms with Crippen LogP contribution >= 0.6 is 35.1 Å². The Morgan fingerprint density at radius 2 is 1.82 bits per heavy atom. The molecule has 1 heterocycles. The van der Waals surface area contributed by atoms with Crippen molar-refractivity contribution in [3.05, 3.63) is 39.4 Å². The van der Waals surface area contributed by atoms with Crippen molar-refractivity contribution in [3.63, 3.8) is 0 Å². The number of carbonyl (C=O) groups excluding carboxylic acids is 2. The number of urea groups is 1. The van der Waals surface area contributed by atoms with Crippen LogP contribution in [0.5, 0.6) is 5.88 Å². The topological polar surface area (TPSA) is 142 Å². The quantitative estimate of drug-likeness (QED) is 0.324. The smallest absolute Gasteiger partial charge is 0.332 e. The number of primary amides is 1. The first-order valence-corrected chi connectivity index (χ1v) is 12.9. The minimum atomic E-state index is -3.34. The third-order valence-electron chi connectivity index (χ3n) is 3.92. The van der Waals surface area contributed by atoms with Gasteiger partial charge in [-0.15, -0.1) is 0 Å². The molecule has 4 N–H and O–H groups in total. The fourth-order valence-corrected chi connectivity index (χ4v) is 5.18. The highest BCUT2D eigenvalue weighted by Gasteiger charge is 2.25. The van der Waals surface area contributed by atoms with Crippen molar-refractivity contribution in [3.8, 4) is 5.88 Å². The van der Waals surface area contributed by atoms with Crippen LogP contribution < -0.4 is 21.1 Å². The Kier molecular flexibility index (Phi) is 10.2. The van der Waals surface area contributed by atoms with Gasteiger partial charge in [0.15, 0.2) is 0 Å². The average Bonchev–Trinajstić information content (AvgIpc) is 3.10. The summed E-state index contributed by atoms with van der Waals surface area (Å²) in [5.74, 6) is -2.97. The molecule has 0 unspecified atom stereocenters. The third-order valence-corrected chi connectivity index (χ3v) is 7.19. The van der Waals surface area contributed by atoms with Crippen LogP contribution in [0.25, 0.3) is 0 Å². The first-order valence-electron chi connectivity index (χ1n) is 9.58. The number of nitrogens with zero attached hydrogens (tertiary/aromatic N) is 1. The summed E-state index contributed by atoms with van der Waals surface area (Å²) in [6.07, 6.45) is -0.0633. The zero-order valence-corrected chi connectivity index (χ0v) is 21.0. The van der Waals surface area contributed by atoms with Gasteiger partial charge in [0.2, 0.25) is 5.88 Å². The van der Waals surface area contributed by atoms with Gasteiger partial charge in [0, 0.05) is 11.0 Å². The van der Waals surface area contributed by atoms with E-state index >= 15 is 0 Å². The molecule has 0 bridgehead atoms. The summed E-state index contributed by atoms with van der Waals surface area (Å²) < 4.78 is 60.0. The van der Waals surface area contributed by atoms with Crippen LogP contribution in [-0.2, 0) is 20.2 Å². The summed E-state index contributed by atoms with van der Waals surface area (Å²) in [4.78, 5) is 24.1. The molecule has 0 aliphatic rings. The number of amides is 3. The lowest BCUT2D eigenvalue weighted by atomic mass is 10.2. The summed E-state index contributed by atoms with van der Waals surface area (Å²) in [5.41, 5.74) is 4.72. The van der Waals surface area contributed by atoms with Gasteiger partial charge in [-0.2, -0.15) is 4.37 Å². The van der Waals surface area contributed by atoms with Gasteiger partial charge in [-0.3, -0.25) is 14.7 Å². The van der Waals surface area contributed by atoms with Crippen LogP contribution in [-0.4, -0.2) is 42.2 Å². The van der Waals surface area contributed by atoms with Gasteiger partial charge >= 0.3 is 13.6 Å². The van der Waals surface area contributed by atoms with Gasteiger partial charge in [-0.25, -0.2) is 13.6 Å². The maximum atomic E-state index is 14.0. The van der Waals surface area contributed by atoms with Gasteiger partial charge in [-0.05, 0) is 37.5 Å². The zero-order valence-electron chi connectivity index (χ0n) is 17.7. The number of aromatic nitrogens is 1. The molecule has 0 fully saturated rings. The summed E-state index contributed by atoms with van der Waals surface area (Å²) >= 11 is 3.66. The van der Waals surface area contributed by atoms with Crippen LogP contribution in [0.2, 0.25) is 0 Å². The van der Waals surface area contributed by atoms with E-state index in [0.717, 1.165) is 12.1 Å². The predicted molar refractivity (Wildman–Crippen MR) is 122 cm³/mol. The standard InChI is InChI=1S/C18H22BrF2N4O6PS/c1-3-30-32(28,31-4-2)6-5-23-18(27)24-17-14(15(22)26)16(25-33-17)29-9-11-12(20)7-10(19)8-13(11)21/h7-8H,3-6,9H2,1-2H3,(H2,22,26)(H2,23,24,27). The normalized spacial score (nSPS) is 11.3. The highest BCUT2D eigenvalue weighted by Crippen LogP contribution is 2.47. The number of rotatable bonds is 12. The Morgan fingerprint density at radius 3 is 2.36 bits per heavy atom. The van der Waals surface area contributed by atoms with Crippen LogP contribution in [0, 0.1) is 11.6 Å². The lowest BCUT2D eigenvalue weighted by Gasteiger charge is -2.17. The molecule has 2 aromatic rings. The summed E-state index contributed by atoms with van der Waals surface area (Å²) in [7, 11) is -3.34. The number of benzene rings is 1. The molecule has 3 amide bonds. The average molecular weight is 571 g/mol. The van der Waals surface area contributed by atoms with Crippen LogP contribution in [0.3, 0.4) is 0 Å². The number of halogens is 3. The van der Waals surface area contributed by atoms with E-state index in [-0.39, 0.29) is 52.4 Å². The van der Waals surface area contributed by atoms with Crippen molar-refractivity contribution >= 4 is 52.0 Å². The molecule has 0 saturated heterocycles. The lowest BCUT2D eigenvalue weighted by molar-refractivity contribution is 0.0996. The van der Waals surface area contributed by atoms with Crippen LogP contribution in [0.4, 0.5) is 18.6 Å². The highest BCUT2D eigenvalue weighted by atomic mass is 79.9. The highest BCUT2D eigenvalue weighted by molar-refractivity contribution is 9.10. The minimum absolute atomic E-state index is 0.0375. The lowest BCUT2D eigenvalue weighted by Crippen LogP contribution is -2.31. The molecule has 33 heavy (non-hydrogen) atoms. The summed E-state index contributed by atoms with van der Waals surface area (Å²) in [6, 6.07) is 1.38. The maximum absolute atomic E-state index is 14.0. The number of nitrogens with one attached hydrogen (secondary N) is 2. The van der Waals surface area contributed by atoms with Gasteiger partial charge in [0.1, 0.15) is 28.8 Å². The van der Waals surface area contributed by atoms with Gasteiger partial charge in [0.25, 0.3) is 5.91 Å². The fourth-order valence-electron chi connectivity index (χ4n) is 2.54. The molecule has 0 saturated carbocycles. The Balaban J connectivity index is 2.03. The van der Waals surface area contributed by atoms with E-state index in [1.807, 2.05) is 0 Å². The number of hydrogen-bond acceptors (Lipinski definition) is 8. The van der Waals surface area contributed by atoms with Gasteiger partial charge in [-0.1, -0.05) is 15.9 Å². The first kappa shape index (κ1) is 27.1. The molecule has 0 radical (unpaired) electrons. The molecule has 0 atom stereocenters. The Labute approximate surface area is 201 Å². The molecule has 0 aliphatic carbocycles. The SMILES string of the molecule is CCOP(=O)(CCNC(=O)Nc1snc(OCc2c(F)cc(Br)cc2F)c1C(N)=O)OCC. The Bertz CT molecular complexity index is 1020. The second kappa shape index (κ2) is 12.4. The van der Waals surface area contributed by atoms with Crippen molar-refractivity contribution in [1.29, 1.82) is 0 Å². The van der Waals surface area contributed by atoms with E-state index in [9.17, 15) is 22.9 Å². The monoisotopic (exact) mass is 570 g/mol. The molecule has 182 valence electrons. The second-order valence-corrected chi connectivity index (χ2v) is 10.1. The summed E-state index contributed by atoms with van der Waals surface area (Å²) in [5, 5.41) is 4.81. The van der Waals surface area contributed by atoms with Crippen LogP contribution in [0.15, 0.2) is 16.6 Å². The number of ether oxygens (including phenoxy) is 1. The number of anilines is 1. The first-order chi connectivity index (χ1) is 15.6. The molecule has 1 aromatic carbocycles. The fraction of sp³-hybridized carbons (Fsp3) is 0.389. The van der Waals surface area contributed by atoms with Crippen LogP contribution in [0.1, 0.15) is 29.8 Å². The van der Waals surface area contributed by atoms with Crippen molar-refractivity contribution < 1.29 is 36.7 Å². The van der Waals surface area contributed by atoms with Gasteiger partial charge in [0.05, 0.1) is 24.9 Å².